The van der Waals surface area contributed by atoms with Crippen molar-refractivity contribution in [1.29, 1.82) is 0 Å². The second kappa shape index (κ2) is 4.90. The standard InChI is InChI=1S/C13H20N2O2/c1-15-10-9-14-11(15)5-8-13(12(16)17)6-3-2-4-7-13/h9-10H,2-8H2,1H3,(H,16,17). The number of rotatable bonds is 4. The number of aromatic nitrogens is 2. The molecule has 94 valence electrons. The van der Waals surface area contributed by atoms with Crippen LogP contribution in [-0.2, 0) is 18.3 Å². The number of carboxylic acid groups (broad SMARTS) is 1. The van der Waals surface area contributed by atoms with Gasteiger partial charge >= 0.3 is 5.97 Å². The summed E-state index contributed by atoms with van der Waals surface area (Å²) in [4.78, 5) is 15.8. The van der Waals surface area contributed by atoms with E-state index in [-0.39, 0.29) is 0 Å². The first-order chi connectivity index (χ1) is 8.14. The molecule has 0 aliphatic heterocycles. The molecule has 1 aliphatic carbocycles. The number of carboxylic acids is 1. The smallest absolute Gasteiger partial charge is 0.309 e. The molecule has 1 heterocycles. The molecular formula is C13H20N2O2. The first-order valence-electron chi connectivity index (χ1n) is 6.34. The molecule has 0 amide bonds. The van der Waals surface area contributed by atoms with Gasteiger partial charge in [-0.3, -0.25) is 4.79 Å². The van der Waals surface area contributed by atoms with Crippen molar-refractivity contribution in [2.24, 2.45) is 12.5 Å². The first-order valence-corrected chi connectivity index (χ1v) is 6.34. The molecule has 4 heteroatoms. The van der Waals surface area contributed by atoms with Gasteiger partial charge in [0.05, 0.1) is 5.41 Å². The lowest BCUT2D eigenvalue weighted by molar-refractivity contribution is -0.151. The molecule has 1 fully saturated rings. The fourth-order valence-corrected chi connectivity index (χ4v) is 2.79. The molecule has 17 heavy (non-hydrogen) atoms. The maximum absolute atomic E-state index is 11.5. The minimum Gasteiger partial charge on any atom is -0.481 e. The van der Waals surface area contributed by atoms with Gasteiger partial charge in [0.2, 0.25) is 0 Å². The number of hydrogen-bond donors (Lipinski definition) is 1. The summed E-state index contributed by atoms with van der Waals surface area (Å²) in [6.07, 6.45) is 10.1. The van der Waals surface area contributed by atoms with Gasteiger partial charge in [0, 0.05) is 25.9 Å². The van der Waals surface area contributed by atoms with Gasteiger partial charge in [0.15, 0.2) is 0 Å². The highest BCUT2D eigenvalue weighted by atomic mass is 16.4. The average Bonchev–Trinajstić information content (AvgIpc) is 2.73. The van der Waals surface area contributed by atoms with Crippen molar-refractivity contribution < 1.29 is 9.90 Å². The third kappa shape index (κ3) is 2.51. The molecule has 0 unspecified atom stereocenters. The van der Waals surface area contributed by atoms with Crippen LogP contribution >= 0.6 is 0 Å². The van der Waals surface area contributed by atoms with Crippen LogP contribution in [0.4, 0.5) is 0 Å². The Morgan fingerprint density at radius 3 is 2.71 bits per heavy atom. The number of nitrogens with zero attached hydrogens (tertiary/aromatic N) is 2. The van der Waals surface area contributed by atoms with E-state index in [2.05, 4.69) is 4.98 Å². The van der Waals surface area contributed by atoms with Gasteiger partial charge in [-0.2, -0.15) is 0 Å². The molecule has 1 aromatic heterocycles. The molecule has 1 aromatic rings. The van der Waals surface area contributed by atoms with Crippen LogP contribution in [0.25, 0.3) is 0 Å². The summed E-state index contributed by atoms with van der Waals surface area (Å²) in [6.45, 7) is 0. The van der Waals surface area contributed by atoms with Crippen LogP contribution in [-0.4, -0.2) is 20.6 Å². The van der Waals surface area contributed by atoms with Gasteiger partial charge in [-0.05, 0) is 19.3 Å². The highest BCUT2D eigenvalue weighted by Gasteiger charge is 2.39. The molecule has 0 spiro atoms. The number of carbonyl (C=O) groups is 1. The van der Waals surface area contributed by atoms with Crippen LogP contribution < -0.4 is 0 Å². The Kier molecular flexibility index (Phi) is 3.50. The molecule has 0 bridgehead atoms. The zero-order valence-corrected chi connectivity index (χ0v) is 10.4. The van der Waals surface area contributed by atoms with Gasteiger partial charge in [-0.15, -0.1) is 0 Å². The number of imidazole rings is 1. The van der Waals surface area contributed by atoms with Crippen LogP contribution in [0.3, 0.4) is 0 Å². The van der Waals surface area contributed by atoms with Crippen LogP contribution in [0, 0.1) is 5.41 Å². The molecule has 0 aromatic carbocycles. The number of aliphatic carboxylic acids is 1. The van der Waals surface area contributed by atoms with E-state index in [4.69, 9.17) is 0 Å². The van der Waals surface area contributed by atoms with Crippen LogP contribution in [0.1, 0.15) is 44.3 Å². The summed E-state index contributed by atoms with van der Waals surface area (Å²) in [5.74, 6) is 0.364. The fourth-order valence-electron chi connectivity index (χ4n) is 2.79. The molecule has 0 atom stereocenters. The van der Waals surface area contributed by atoms with Gasteiger partial charge in [-0.25, -0.2) is 4.98 Å². The van der Waals surface area contributed by atoms with Crippen molar-refractivity contribution in [1.82, 2.24) is 9.55 Å². The highest BCUT2D eigenvalue weighted by molar-refractivity contribution is 5.74. The largest absolute Gasteiger partial charge is 0.481 e. The monoisotopic (exact) mass is 236 g/mol. The van der Waals surface area contributed by atoms with E-state index < -0.39 is 11.4 Å². The Hall–Kier alpha value is -1.32. The first kappa shape index (κ1) is 12.1. The fraction of sp³-hybridized carbons (Fsp3) is 0.692. The lowest BCUT2D eigenvalue weighted by Gasteiger charge is -2.33. The van der Waals surface area contributed by atoms with Crippen molar-refractivity contribution in [2.75, 3.05) is 0 Å². The Morgan fingerprint density at radius 1 is 1.47 bits per heavy atom. The molecule has 4 nitrogen and oxygen atoms in total. The minimum atomic E-state index is -0.619. The maximum Gasteiger partial charge on any atom is 0.309 e. The molecule has 0 saturated heterocycles. The molecular weight excluding hydrogens is 216 g/mol. The molecule has 1 aliphatic rings. The molecule has 1 N–H and O–H groups in total. The van der Waals surface area contributed by atoms with E-state index >= 15 is 0 Å². The lowest BCUT2D eigenvalue weighted by Crippen LogP contribution is -2.34. The topological polar surface area (TPSA) is 55.1 Å². The van der Waals surface area contributed by atoms with Crippen molar-refractivity contribution in [3.8, 4) is 0 Å². The van der Waals surface area contributed by atoms with Crippen molar-refractivity contribution in [2.45, 2.75) is 44.9 Å². The molecule has 2 rings (SSSR count). The summed E-state index contributed by atoms with van der Waals surface area (Å²) in [5.41, 5.74) is -0.496. The third-order valence-electron chi connectivity index (χ3n) is 4.01. The molecule has 0 radical (unpaired) electrons. The summed E-state index contributed by atoms with van der Waals surface area (Å²) in [7, 11) is 1.96. The lowest BCUT2D eigenvalue weighted by atomic mass is 9.71. The average molecular weight is 236 g/mol. The van der Waals surface area contributed by atoms with Crippen molar-refractivity contribution in [3.05, 3.63) is 18.2 Å². The zero-order valence-electron chi connectivity index (χ0n) is 10.4. The number of aryl methyl sites for hydroxylation is 2. The Bertz CT molecular complexity index is 392. The van der Waals surface area contributed by atoms with Gasteiger partial charge in [0.1, 0.15) is 5.82 Å². The van der Waals surface area contributed by atoms with Gasteiger partial charge in [0.25, 0.3) is 0 Å². The van der Waals surface area contributed by atoms with Gasteiger partial charge in [-0.1, -0.05) is 19.3 Å². The predicted molar refractivity (Wildman–Crippen MR) is 64.7 cm³/mol. The second-order valence-corrected chi connectivity index (χ2v) is 5.10. The number of hydrogen-bond acceptors (Lipinski definition) is 2. The Balaban J connectivity index is 2.03. The summed E-state index contributed by atoms with van der Waals surface area (Å²) < 4.78 is 1.97. The molecule has 1 saturated carbocycles. The quantitative estimate of drug-likeness (QED) is 0.873. The van der Waals surface area contributed by atoms with E-state index in [0.29, 0.717) is 6.42 Å². The predicted octanol–water partition coefficient (Wildman–Crippen LogP) is 2.39. The van der Waals surface area contributed by atoms with E-state index in [1.54, 1.807) is 6.20 Å². The van der Waals surface area contributed by atoms with Crippen LogP contribution in [0.15, 0.2) is 12.4 Å². The van der Waals surface area contributed by atoms with Crippen LogP contribution in [0.2, 0.25) is 0 Å². The normalized spacial score (nSPS) is 19.1. The second-order valence-electron chi connectivity index (χ2n) is 5.10. The van der Waals surface area contributed by atoms with E-state index in [9.17, 15) is 9.90 Å². The van der Waals surface area contributed by atoms with E-state index in [1.807, 2.05) is 17.8 Å². The maximum atomic E-state index is 11.5. The zero-order chi connectivity index (χ0) is 12.3. The minimum absolute atomic E-state index is 0.496. The summed E-state index contributed by atoms with van der Waals surface area (Å²) in [5, 5.41) is 9.46. The Morgan fingerprint density at radius 2 is 2.18 bits per heavy atom. The highest BCUT2D eigenvalue weighted by Crippen LogP contribution is 2.40. The van der Waals surface area contributed by atoms with E-state index in [1.165, 1.54) is 6.42 Å². The summed E-state index contributed by atoms with van der Waals surface area (Å²) in [6, 6.07) is 0. The third-order valence-corrected chi connectivity index (χ3v) is 4.01. The SMILES string of the molecule is Cn1ccnc1CCC1(C(=O)O)CCCCC1. The Labute approximate surface area is 102 Å². The van der Waals surface area contributed by atoms with Crippen molar-refractivity contribution >= 4 is 5.97 Å². The van der Waals surface area contributed by atoms with Gasteiger partial charge < -0.3 is 9.67 Å². The van der Waals surface area contributed by atoms with Crippen molar-refractivity contribution in [3.63, 3.8) is 0 Å². The summed E-state index contributed by atoms with van der Waals surface area (Å²) >= 11 is 0. The van der Waals surface area contributed by atoms with Crippen LogP contribution in [0.5, 0.6) is 0 Å². The van der Waals surface area contributed by atoms with E-state index in [0.717, 1.165) is 37.9 Å².